The molecule has 0 unspecified atom stereocenters. The van der Waals surface area contributed by atoms with Gasteiger partial charge in [0.2, 0.25) is 5.75 Å². The topological polar surface area (TPSA) is 65.0 Å². The predicted octanol–water partition coefficient (Wildman–Crippen LogP) is 6.18. The number of nitrogens with zero attached hydrogens (tertiary/aromatic N) is 1. The second-order valence-corrected chi connectivity index (χ2v) is 9.12. The molecule has 3 aromatic carbocycles. The normalized spacial score (nSPS) is 11.6. The van der Waals surface area contributed by atoms with Gasteiger partial charge in [-0.05, 0) is 74.7 Å². The Hall–Kier alpha value is -2.83. The summed E-state index contributed by atoms with van der Waals surface area (Å²) in [7, 11) is -4.07. The molecule has 162 valence electrons. The summed E-state index contributed by atoms with van der Waals surface area (Å²) in [5.74, 6) is 0.182. The molecule has 0 aliphatic rings. The van der Waals surface area contributed by atoms with Gasteiger partial charge >= 0.3 is 10.1 Å². The Labute approximate surface area is 188 Å². The standard InChI is InChI=1S/C24H24ClNO4S/c1-5-29-23-14-19(15-26-22-12-17(3)6-9-18(22)4)13-21(25)24(23)30-31(27,28)20-10-7-16(2)8-11-20/h6-15H,5H2,1-4H3. The first kappa shape index (κ1) is 22.8. The second kappa shape index (κ2) is 9.54. The molecule has 31 heavy (non-hydrogen) atoms. The molecule has 0 fully saturated rings. The van der Waals surface area contributed by atoms with Crippen molar-refractivity contribution in [1.29, 1.82) is 0 Å². The third kappa shape index (κ3) is 5.66. The first-order valence-corrected chi connectivity index (χ1v) is 11.6. The Kier molecular flexibility index (Phi) is 7.03. The van der Waals surface area contributed by atoms with Gasteiger partial charge in [0.1, 0.15) is 4.90 Å². The predicted molar refractivity (Wildman–Crippen MR) is 125 cm³/mol. The maximum absolute atomic E-state index is 12.7. The van der Waals surface area contributed by atoms with Crippen molar-refractivity contribution in [2.24, 2.45) is 4.99 Å². The molecule has 0 spiro atoms. The number of hydrogen-bond donors (Lipinski definition) is 0. The summed E-state index contributed by atoms with van der Waals surface area (Å²) >= 11 is 6.40. The maximum atomic E-state index is 12.7. The molecule has 0 N–H and O–H groups in total. The van der Waals surface area contributed by atoms with E-state index in [1.807, 2.05) is 39.0 Å². The third-order valence-electron chi connectivity index (χ3n) is 4.55. The van der Waals surface area contributed by atoms with Crippen LogP contribution < -0.4 is 8.92 Å². The van der Waals surface area contributed by atoms with Crippen molar-refractivity contribution in [3.8, 4) is 11.5 Å². The van der Waals surface area contributed by atoms with E-state index in [0.717, 1.165) is 22.4 Å². The molecule has 0 aromatic heterocycles. The van der Waals surface area contributed by atoms with Crippen LogP contribution in [0.4, 0.5) is 5.69 Å². The van der Waals surface area contributed by atoms with Crippen LogP contribution in [0.25, 0.3) is 0 Å². The van der Waals surface area contributed by atoms with E-state index in [1.165, 1.54) is 12.1 Å². The van der Waals surface area contributed by atoms with E-state index in [4.69, 9.17) is 20.5 Å². The van der Waals surface area contributed by atoms with Gasteiger partial charge in [0.15, 0.2) is 5.75 Å². The van der Waals surface area contributed by atoms with Crippen molar-refractivity contribution >= 4 is 33.6 Å². The Bertz CT molecular complexity index is 1220. The summed E-state index contributed by atoms with van der Waals surface area (Å²) in [4.78, 5) is 4.58. The lowest BCUT2D eigenvalue weighted by Crippen LogP contribution is -2.11. The van der Waals surface area contributed by atoms with Crippen molar-refractivity contribution in [2.45, 2.75) is 32.6 Å². The molecule has 0 saturated carbocycles. The minimum Gasteiger partial charge on any atom is -0.490 e. The van der Waals surface area contributed by atoms with Crippen molar-refractivity contribution in [1.82, 2.24) is 0 Å². The van der Waals surface area contributed by atoms with E-state index >= 15 is 0 Å². The number of hydrogen-bond acceptors (Lipinski definition) is 5. The molecule has 5 nitrogen and oxygen atoms in total. The van der Waals surface area contributed by atoms with Gasteiger partial charge in [0, 0.05) is 6.21 Å². The molecule has 0 atom stereocenters. The van der Waals surface area contributed by atoms with Crippen LogP contribution in [0.2, 0.25) is 5.02 Å². The fraction of sp³-hybridized carbons (Fsp3) is 0.208. The number of halogens is 1. The zero-order valence-corrected chi connectivity index (χ0v) is 19.4. The summed E-state index contributed by atoms with van der Waals surface area (Å²) in [6.07, 6.45) is 1.66. The lowest BCUT2D eigenvalue weighted by Gasteiger charge is -2.14. The van der Waals surface area contributed by atoms with E-state index < -0.39 is 10.1 Å². The number of aryl methyl sites for hydroxylation is 3. The van der Waals surface area contributed by atoms with Gasteiger partial charge in [-0.15, -0.1) is 0 Å². The number of benzene rings is 3. The molecule has 3 rings (SSSR count). The van der Waals surface area contributed by atoms with Crippen LogP contribution in [0.3, 0.4) is 0 Å². The molecule has 0 aliphatic heterocycles. The molecule has 0 heterocycles. The van der Waals surface area contributed by atoms with Gasteiger partial charge in [-0.3, -0.25) is 4.99 Å². The Morgan fingerprint density at radius 2 is 1.65 bits per heavy atom. The molecule has 0 aliphatic carbocycles. The zero-order chi connectivity index (χ0) is 22.6. The monoisotopic (exact) mass is 457 g/mol. The summed E-state index contributed by atoms with van der Waals surface area (Å²) in [5, 5.41) is 0.115. The van der Waals surface area contributed by atoms with Crippen molar-refractivity contribution in [2.75, 3.05) is 6.61 Å². The minimum atomic E-state index is -4.07. The first-order valence-electron chi connectivity index (χ1n) is 9.78. The largest absolute Gasteiger partial charge is 0.490 e. The second-order valence-electron chi connectivity index (χ2n) is 7.16. The van der Waals surface area contributed by atoms with Gasteiger partial charge < -0.3 is 8.92 Å². The van der Waals surface area contributed by atoms with Crippen LogP contribution in [0.1, 0.15) is 29.2 Å². The van der Waals surface area contributed by atoms with Gasteiger partial charge in [0.25, 0.3) is 0 Å². The maximum Gasteiger partial charge on any atom is 0.339 e. The highest BCUT2D eigenvalue weighted by Crippen LogP contribution is 2.38. The Morgan fingerprint density at radius 3 is 2.32 bits per heavy atom. The molecule has 7 heteroatoms. The first-order chi connectivity index (χ1) is 14.7. The van der Waals surface area contributed by atoms with E-state index in [1.54, 1.807) is 37.4 Å². The van der Waals surface area contributed by atoms with E-state index in [2.05, 4.69) is 4.99 Å². The van der Waals surface area contributed by atoms with Crippen molar-refractivity contribution in [3.05, 3.63) is 81.9 Å². The van der Waals surface area contributed by atoms with E-state index in [9.17, 15) is 8.42 Å². The van der Waals surface area contributed by atoms with Crippen molar-refractivity contribution < 1.29 is 17.3 Å². The lowest BCUT2D eigenvalue weighted by molar-refractivity contribution is 0.327. The summed E-state index contributed by atoms with van der Waals surface area (Å²) in [6.45, 7) is 7.97. The molecule has 3 aromatic rings. The van der Waals surface area contributed by atoms with Gasteiger partial charge in [-0.2, -0.15) is 8.42 Å². The van der Waals surface area contributed by atoms with Gasteiger partial charge in [-0.25, -0.2) is 0 Å². The molecule has 0 bridgehead atoms. The molecular weight excluding hydrogens is 434 g/mol. The van der Waals surface area contributed by atoms with Gasteiger partial charge in [-0.1, -0.05) is 41.4 Å². The van der Waals surface area contributed by atoms with Crippen LogP contribution in [0, 0.1) is 20.8 Å². The Balaban J connectivity index is 1.96. The fourth-order valence-electron chi connectivity index (χ4n) is 2.87. The molecule has 0 saturated heterocycles. The number of aliphatic imine (C=N–C) groups is 1. The lowest BCUT2D eigenvalue weighted by atomic mass is 10.1. The van der Waals surface area contributed by atoms with Crippen LogP contribution in [-0.2, 0) is 10.1 Å². The minimum absolute atomic E-state index is 0.0391. The average molecular weight is 458 g/mol. The number of ether oxygens (including phenoxy) is 1. The van der Waals surface area contributed by atoms with Gasteiger partial charge in [0.05, 0.1) is 17.3 Å². The van der Waals surface area contributed by atoms with Crippen LogP contribution in [0.5, 0.6) is 11.5 Å². The summed E-state index contributed by atoms with van der Waals surface area (Å²) in [5.41, 5.74) is 4.60. The average Bonchev–Trinajstić information content (AvgIpc) is 2.71. The molecule has 0 amide bonds. The van der Waals surface area contributed by atoms with E-state index in [0.29, 0.717) is 12.2 Å². The summed E-state index contributed by atoms with van der Waals surface area (Å²) < 4.78 is 36.4. The highest BCUT2D eigenvalue weighted by Gasteiger charge is 2.22. The fourth-order valence-corrected chi connectivity index (χ4v) is 4.13. The number of rotatable bonds is 7. The van der Waals surface area contributed by atoms with Crippen LogP contribution in [-0.4, -0.2) is 21.2 Å². The molecular formula is C24H24ClNO4S. The summed E-state index contributed by atoms with van der Waals surface area (Å²) in [6, 6.07) is 15.7. The van der Waals surface area contributed by atoms with E-state index in [-0.39, 0.29) is 21.4 Å². The zero-order valence-electron chi connectivity index (χ0n) is 17.8. The van der Waals surface area contributed by atoms with Crippen molar-refractivity contribution in [3.63, 3.8) is 0 Å². The highest BCUT2D eigenvalue weighted by atomic mass is 35.5. The van der Waals surface area contributed by atoms with Crippen LogP contribution in [0.15, 0.2) is 64.5 Å². The quantitative estimate of drug-likeness (QED) is 0.313. The Morgan fingerprint density at radius 1 is 0.968 bits per heavy atom. The molecule has 0 radical (unpaired) electrons. The SMILES string of the molecule is CCOc1cc(C=Nc2cc(C)ccc2C)cc(Cl)c1OS(=O)(=O)c1ccc(C)cc1. The van der Waals surface area contributed by atoms with Crippen LogP contribution >= 0.6 is 11.6 Å². The smallest absolute Gasteiger partial charge is 0.339 e. The third-order valence-corrected chi connectivity index (χ3v) is 6.07. The highest BCUT2D eigenvalue weighted by molar-refractivity contribution is 7.87.